The second-order valence-corrected chi connectivity index (χ2v) is 7.61. The van der Waals surface area contributed by atoms with E-state index in [1.165, 1.54) is 42.5 Å². The predicted molar refractivity (Wildman–Crippen MR) is 141 cm³/mol. The highest BCUT2D eigenvalue weighted by Gasteiger charge is 2.24. The SMILES string of the molecule is C=CC(=O)Oc1ccc(-c2ccc(-c3c(OC(=O)C=C)cc(OC(=O)C=C)c(F)c3F)cc2)c(OC(=O)C=C)c1. The van der Waals surface area contributed by atoms with Crippen LogP contribution < -0.4 is 18.9 Å². The Labute approximate surface area is 227 Å². The van der Waals surface area contributed by atoms with Crippen LogP contribution in [0, 0.1) is 11.6 Å². The van der Waals surface area contributed by atoms with Gasteiger partial charge >= 0.3 is 23.9 Å². The molecular weight excluding hydrogens is 526 g/mol. The molecule has 8 nitrogen and oxygen atoms in total. The summed E-state index contributed by atoms with van der Waals surface area (Å²) in [6, 6.07) is 10.9. The van der Waals surface area contributed by atoms with Crippen LogP contribution in [0.25, 0.3) is 22.3 Å². The molecule has 10 heteroatoms. The third-order valence-corrected chi connectivity index (χ3v) is 5.09. The van der Waals surface area contributed by atoms with Gasteiger partial charge in [0.1, 0.15) is 17.2 Å². The van der Waals surface area contributed by atoms with Crippen LogP contribution in [0.2, 0.25) is 0 Å². The summed E-state index contributed by atoms with van der Waals surface area (Å²) < 4.78 is 50.2. The smallest absolute Gasteiger partial charge is 0.335 e. The zero-order valence-electron chi connectivity index (χ0n) is 20.8. The van der Waals surface area contributed by atoms with Gasteiger partial charge in [0.15, 0.2) is 11.6 Å². The summed E-state index contributed by atoms with van der Waals surface area (Å²) in [5.41, 5.74) is 0.466. The highest BCUT2D eigenvalue weighted by Crippen LogP contribution is 2.41. The van der Waals surface area contributed by atoms with Crippen molar-refractivity contribution in [1.29, 1.82) is 0 Å². The van der Waals surface area contributed by atoms with Crippen LogP contribution in [-0.4, -0.2) is 23.9 Å². The number of hydrogen-bond acceptors (Lipinski definition) is 8. The van der Waals surface area contributed by atoms with E-state index in [2.05, 4.69) is 26.3 Å². The number of carbonyl (C=O) groups is 4. The van der Waals surface area contributed by atoms with E-state index in [4.69, 9.17) is 18.9 Å². The molecule has 0 saturated heterocycles. The van der Waals surface area contributed by atoms with Gasteiger partial charge in [-0.05, 0) is 23.3 Å². The Morgan fingerprint density at radius 1 is 0.550 bits per heavy atom. The van der Waals surface area contributed by atoms with Crippen LogP contribution in [0.15, 0.2) is 99.2 Å². The van der Waals surface area contributed by atoms with Crippen molar-refractivity contribution in [3.05, 3.63) is 111 Å². The lowest BCUT2D eigenvalue weighted by atomic mass is 9.98. The molecule has 0 aliphatic rings. The highest BCUT2D eigenvalue weighted by atomic mass is 19.2. The Balaban J connectivity index is 2.10. The van der Waals surface area contributed by atoms with Gasteiger partial charge in [-0.25, -0.2) is 23.6 Å². The summed E-state index contributed by atoms with van der Waals surface area (Å²) >= 11 is 0. The van der Waals surface area contributed by atoms with E-state index >= 15 is 4.39 Å². The zero-order valence-corrected chi connectivity index (χ0v) is 20.8. The van der Waals surface area contributed by atoms with Crippen molar-refractivity contribution in [2.45, 2.75) is 0 Å². The quantitative estimate of drug-likeness (QED) is 0.182. The van der Waals surface area contributed by atoms with E-state index in [0.717, 1.165) is 30.4 Å². The minimum absolute atomic E-state index is 0.0122. The monoisotopic (exact) mass is 546 g/mol. The fourth-order valence-corrected chi connectivity index (χ4v) is 3.32. The molecule has 0 radical (unpaired) electrons. The standard InChI is InChI=1S/C30H20F2O8/c1-5-24(33)37-19-13-14-20(21(15-19)38-25(34)6-2)17-9-11-18(12-10-17)28-22(39-26(35)7-3)16-23(29(31)30(28)32)40-27(36)8-4/h5-16H,1-4H2. The van der Waals surface area contributed by atoms with E-state index in [-0.39, 0.29) is 17.1 Å². The molecule has 0 amide bonds. The molecule has 0 atom stereocenters. The lowest BCUT2D eigenvalue weighted by Gasteiger charge is -2.15. The lowest BCUT2D eigenvalue weighted by Crippen LogP contribution is -2.10. The molecule has 3 rings (SSSR count). The average Bonchev–Trinajstić information content (AvgIpc) is 2.95. The summed E-state index contributed by atoms with van der Waals surface area (Å²) in [6.45, 7) is 13.1. The molecule has 0 bridgehead atoms. The van der Waals surface area contributed by atoms with Gasteiger partial charge in [0.25, 0.3) is 0 Å². The maximum absolute atomic E-state index is 15.2. The van der Waals surface area contributed by atoms with Crippen LogP contribution in [0.4, 0.5) is 8.78 Å². The Hall–Kier alpha value is -5.64. The molecule has 0 heterocycles. The fourth-order valence-electron chi connectivity index (χ4n) is 3.32. The number of benzene rings is 3. The third kappa shape index (κ3) is 6.62. The average molecular weight is 546 g/mol. The van der Waals surface area contributed by atoms with Crippen LogP contribution in [0.3, 0.4) is 0 Å². The predicted octanol–water partition coefficient (Wildman–Crippen LogP) is 5.66. The first-order chi connectivity index (χ1) is 19.1. The van der Waals surface area contributed by atoms with Gasteiger partial charge in [-0.15, -0.1) is 0 Å². The Morgan fingerprint density at radius 2 is 1.02 bits per heavy atom. The summed E-state index contributed by atoms with van der Waals surface area (Å²) in [6.07, 6.45) is 3.46. The molecule has 0 aromatic heterocycles. The maximum Gasteiger partial charge on any atom is 0.335 e. The topological polar surface area (TPSA) is 105 Å². The fraction of sp³-hybridized carbons (Fsp3) is 0. The Morgan fingerprint density at radius 3 is 1.57 bits per heavy atom. The first-order valence-electron chi connectivity index (χ1n) is 11.3. The first-order valence-corrected chi connectivity index (χ1v) is 11.3. The van der Waals surface area contributed by atoms with Crippen molar-refractivity contribution in [3.8, 4) is 45.3 Å². The van der Waals surface area contributed by atoms with E-state index in [1.807, 2.05) is 0 Å². The van der Waals surface area contributed by atoms with Crippen molar-refractivity contribution in [2.75, 3.05) is 0 Å². The van der Waals surface area contributed by atoms with Gasteiger partial charge in [0.2, 0.25) is 5.82 Å². The van der Waals surface area contributed by atoms with Crippen molar-refractivity contribution in [3.63, 3.8) is 0 Å². The molecule has 0 saturated carbocycles. The van der Waals surface area contributed by atoms with E-state index in [0.29, 0.717) is 11.1 Å². The van der Waals surface area contributed by atoms with Gasteiger partial charge in [0.05, 0.1) is 5.56 Å². The Bertz CT molecular complexity index is 1550. The van der Waals surface area contributed by atoms with Crippen molar-refractivity contribution in [2.24, 2.45) is 0 Å². The van der Waals surface area contributed by atoms with Gasteiger partial charge < -0.3 is 18.9 Å². The third-order valence-electron chi connectivity index (χ3n) is 5.09. The van der Waals surface area contributed by atoms with Gasteiger partial charge in [-0.1, -0.05) is 50.6 Å². The number of hydrogen-bond donors (Lipinski definition) is 0. The molecule has 3 aromatic rings. The molecule has 0 aliphatic carbocycles. The van der Waals surface area contributed by atoms with Crippen LogP contribution in [0.1, 0.15) is 0 Å². The molecule has 0 aliphatic heterocycles. The molecule has 0 unspecified atom stereocenters. The molecule has 0 N–H and O–H groups in total. The number of carbonyl (C=O) groups excluding carboxylic acids is 4. The van der Waals surface area contributed by atoms with Crippen molar-refractivity contribution < 1.29 is 46.9 Å². The van der Waals surface area contributed by atoms with Gasteiger partial charge in [-0.2, -0.15) is 4.39 Å². The molecule has 202 valence electrons. The summed E-state index contributed by atoms with van der Waals surface area (Å²) in [7, 11) is 0. The van der Waals surface area contributed by atoms with E-state index in [1.54, 1.807) is 0 Å². The normalized spacial score (nSPS) is 10.1. The minimum atomic E-state index is -1.50. The molecular formula is C30H20F2O8. The molecule has 40 heavy (non-hydrogen) atoms. The molecule has 0 fully saturated rings. The summed E-state index contributed by atoms with van der Waals surface area (Å²) in [5.74, 6) is -7.69. The van der Waals surface area contributed by atoms with Crippen LogP contribution in [0.5, 0.6) is 23.0 Å². The second-order valence-electron chi connectivity index (χ2n) is 7.61. The van der Waals surface area contributed by atoms with E-state index < -0.39 is 52.6 Å². The first kappa shape index (κ1) is 28.9. The zero-order chi connectivity index (χ0) is 29.4. The number of halogens is 2. The summed E-state index contributed by atoms with van der Waals surface area (Å²) in [5, 5.41) is 0. The minimum Gasteiger partial charge on any atom is -0.423 e. The number of esters is 4. The van der Waals surface area contributed by atoms with Crippen molar-refractivity contribution >= 4 is 23.9 Å². The van der Waals surface area contributed by atoms with Gasteiger partial charge in [0, 0.05) is 42.0 Å². The van der Waals surface area contributed by atoms with E-state index in [9.17, 15) is 23.6 Å². The maximum atomic E-state index is 15.2. The Kier molecular flexibility index (Phi) is 9.21. The van der Waals surface area contributed by atoms with Gasteiger partial charge in [-0.3, -0.25) is 0 Å². The van der Waals surface area contributed by atoms with Crippen LogP contribution in [-0.2, 0) is 19.2 Å². The highest BCUT2D eigenvalue weighted by molar-refractivity contribution is 5.89. The molecule has 0 spiro atoms. The van der Waals surface area contributed by atoms with Crippen LogP contribution >= 0.6 is 0 Å². The van der Waals surface area contributed by atoms with Crippen molar-refractivity contribution in [1.82, 2.24) is 0 Å². The summed E-state index contributed by atoms with van der Waals surface area (Å²) in [4.78, 5) is 46.9. The number of ether oxygens (including phenoxy) is 4. The molecule has 3 aromatic carbocycles. The second kappa shape index (κ2) is 12.7. The lowest BCUT2D eigenvalue weighted by molar-refractivity contribution is -0.130. The number of rotatable bonds is 10. The largest absolute Gasteiger partial charge is 0.423 e.